The third kappa shape index (κ3) is 3.61. The van der Waals surface area contributed by atoms with Gasteiger partial charge in [-0.05, 0) is 43.7 Å². The van der Waals surface area contributed by atoms with Crippen molar-refractivity contribution >= 4 is 34.5 Å². The summed E-state index contributed by atoms with van der Waals surface area (Å²) in [4.78, 5) is 29.1. The van der Waals surface area contributed by atoms with Crippen molar-refractivity contribution < 1.29 is 14.0 Å². The van der Waals surface area contributed by atoms with Crippen molar-refractivity contribution in [1.29, 1.82) is 0 Å². The van der Waals surface area contributed by atoms with Crippen LogP contribution in [0.15, 0.2) is 41.0 Å². The van der Waals surface area contributed by atoms with Gasteiger partial charge in [-0.2, -0.15) is 0 Å². The molecule has 128 valence electrons. The largest absolute Gasteiger partial charge is 0.462 e. The molecule has 1 aromatic carbocycles. The van der Waals surface area contributed by atoms with E-state index >= 15 is 0 Å². The Kier molecular flexibility index (Phi) is 4.67. The molecular formula is C18H17N3O3S. The molecule has 0 atom stereocenters. The van der Waals surface area contributed by atoms with E-state index in [1.807, 2.05) is 13.8 Å². The normalized spacial score (nSPS) is 10.5. The van der Waals surface area contributed by atoms with Crippen molar-refractivity contribution in [2.24, 2.45) is 0 Å². The van der Waals surface area contributed by atoms with Crippen LogP contribution in [-0.2, 0) is 4.79 Å². The van der Waals surface area contributed by atoms with Gasteiger partial charge in [-0.3, -0.25) is 9.59 Å². The number of nitrogens with zero attached hydrogens (tertiary/aromatic N) is 1. The Labute approximate surface area is 148 Å². The number of carbonyl (C=O) groups is 2. The molecule has 0 saturated heterocycles. The Bertz CT molecular complexity index is 929. The molecule has 0 aliphatic carbocycles. The molecule has 3 rings (SSSR count). The summed E-state index contributed by atoms with van der Waals surface area (Å²) in [5.74, 6) is 0.177. The zero-order chi connectivity index (χ0) is 18.0. The predicted molar refractivity (Wildman–Crippen MR) is 98.0 cm³/mol. The second-order valence-corrected chi connectivity index (χ2v) is 6.72. The summed E-state index contributed by atoms with van der Waals surface area (Å²) in [5, 5.41) is 6.27. The highest BCUT2D eigenvalue weighted by Gasteiger charge is 2.18. The minimum atomic E-state index is -0.297. The summed E-state index contributed by atoms with van der Waals surface area (Å²) < 4.78 is 5.33. The number of furan rings is 1. The lowest BCUT2D eigenvalue weighted by molar-refractivity contribution is -0.114. The first-order valence-electron chi connectivity index (χ1n) is 7.65. The van der Waals surface area contributed by atoms with E-state index in [4.69, 9.17) is 4.42 Å². The monoisotopic (exact) mass is 355 g/mol. The number of anilines is 2. The van der Waals surface area contributed by atoms with Gasteiger partial charge in [-0.15, -0.1) is 11.3 Å². The van der Waals surface area contributed by atoms with Gasteiger partial charge in [0.25, 0.3) is 5.91 Å². The third-order valence-electron chi connectivity index (χ3n) is 3.64. The highest BCUT2D eigenvalue weighted by molar-refractivity contribution is 7.15. The summed E-state index contributed by atoms with van der Waals surface area (Å²) >= 11 is 1.40. The fourth-order valence-corrected chi connectivity index (χ4v) is 3.27. The first-order chi connectivity index (χ1) is 12.0. The van der Waals surface area contributed by atoms with E-state index in [0.717, 1.165) is 10.4 Å². The molecule has 6 nitrogen and oxygen atoms in total. The van der Waals surface area contributed by atoms with Crippen molar-refractivity contribution in [1.82, 2.24) is 4.98 Å². The second kappa shape index (κ2) is 6.90. The van der Waals surface area contributed by atoms with E-state index in [2.05, 4.69) is 15.6 Å². The van der Waals surface area contributed by atoms with Crippen LogP contribution in [-0.4, -0.2) is 16.8 Å². The molecule has 0 bridgehead atoms. The van der Waals surface area contributed by atoms with Gasteiger partial charge in [0.15, 0.2) is 10.8 Å². The van der Waals surface area contributed by atoms with Crippen LogP contribution in [0, 0.1) is 13.8 Å². The molecule has 3 aromatic rings. The first kappa shape index (κ1) is 16.9. The van der Waals surface area contributed by atoms with Gasteiger partial charge >= 0.3 is 0 Å². The Morgan fingerprint density at radius 2 is 1.80 bits per heavy atom. The van der Waals surface area contributed by atoms with Gasteiger partial charge in [0.05, 0.1) is 6.26 Å². The molecule has 0 aliphatic heterocycles. The maximum absolute atomic E-state index is 12.6. The number of benzene rings is 1. The molecule has 0 fully saturated rings. The number of aryl methyl sites for hydroxylation is 1. The zero-order valence-corrected chi connectivity index (χ0v) is 14.9. The molecule has 2 heterocycles. The van der Waals surface area contributed by atoms with Gasteiger partial charge < -0.3 is 15.1 Å². The molecule has 0 spiro atoms. The summed E-state index contributed by atoms with van der Waals surface area (Å²) in [5.41, 5.74) is 2.44. The molecule has 7 heteroatoms. The zero-order valence-electron chi connectivity index (χ0n) is 14.0. The van der Waals surface area contributed by atoms with E-state index in [0.29, 0.717) is 27.8 Å². The quantitative estimate of drug-likeness (QED) is 0.733. The lowest BCUT2D eigenvalue weighted by Gasteiger charge is -2.12. The van der Waals surface area contributed by atoms with Crippen molar-refractivity contribution in [2.45, 2.75) is 20.8 Å². The van der Waals surface area contributed by atoms with E-state index in [1.54, 1.807) is 36.6 Å². The highest BCUT2D eigenvalue weighted by Crippen LogP contribution is 2.29. The van der Waals surface area contributed by atoms with Crippen molar-refractivity contribution in [3.63, 3.8) is 0 Å². The van der Waals surface area contributed by atoms with Crippen LogP contribution in [0.1, 0.15) is 27.9 Å². The van der Waals surface area contributed by atoms with Gasteiger partial charge in [0.2, 0.25) is 5.91 Å². The SMILES string of the molecule is CC(=O)Nc1cccc(NC(=O)c2nc(-c3ccco3)sc2C)c1C. The minimum Gasteiger partial charge on any atom is -0.462 e. The first-order valence-corrected chi connectivity index (χ1v) is 8.47. The molecule has 2 aromatic heterocycles. The lowest BCUT2D eigenvalue weighted by Crippen LogP contribution is -2.15. The molecule has 0 radical (unpaired) electrons. The molecule has 0 aliphatic rings. The number of rotatable bonds is 4. The van der Waals surface area contributed by atoms with Crippen LogP contribution in [0.3, 0.4) is 0 Å². The summed E-state index contributed by atoms with van der Waals surface area (Å²) in [6.45, 7) is 5.13. The summed E-state index contributed by atoms with van der Waals surface area (Å²) in [6, 6.07) is 8.93. The number of hydrogen-bond donors (Lipinski definition) is 2. The van der Waals surface area contributed by atoms with E-state index in [9.17, 15) is 9.59 Å². The molecule has 25 heavy (non-hydrogen) atoms. The number of nitrogens with one attached hydrogen (secondary N) is 2. The van der Waals surface area contributed by atoms with E-state index in [-0.39, 0.29) is 11.8 Å². The van der Waals surface area contributed by atoms with Crippen LogP contribution < -0.4 is 10.6 Å². The van der Waals surface area contributed by atoms with Gasteiger partial charge in [0, 0.05) is 23.2 Å². The van der Waals surface area contributed by atoms with Gasteiger partial charge in [-0.25, -0.2) is 4.98 Å². The number of thiazole rings is 1. The fraction of sp³-hybridized carbons (Fsp3) is 0.167. The van der Waals surface area contributed by atoms with E-state index in [1.165, 1.54) is 18.3 Å². The lowest BCUT2D eigenvalue weighted by atomic mass is 10.1. The van der Waals surface area contributed by atoms with Gasteiger partial charge in [0.1, 0.15) is 5.69 Å². The number of amides is 2. The highest BCUT2D eigenvalue weighted by atomic mass is 32.1. The average molecular weight is 355 g/mol. The van der Waals surface area contributed by atoms with Crippen LogP contribution in [0.2, 0.25) is 0 Å². The Morgan fingerprint density at radius 3 is 2.44 bits per heavy atom. The Balaban J connectivity index is 1.85. The van der Waals surface area contributed by atoms with Crippen LogP contribution >= 0.6 is 11.3 Å². The van der Waals surface area contributed by atoms with Crippen molar-refractivity contribution in [2.75, 3.05) is 10.6 Å². The van der Waals surface area contributed by atoms with Crippen LogP contribution in [0.5, 0.6) is 0 Å². The summed E-state index contributed by atoms with van der Waals surface area (Å²) in [6.07, 6.45) is 1.57. The van der Waals surface area contributed by atoms with Gasteiger partial charge in [-0.1, -0.05) is 6.07 Å². The average Bonchev–Trinajstić information content (AvgIpc) is 3.20. The smallest absolute Gasteiger partial charge is 0.275 e. The molecule has 2 N–H and O–H groups in total. The molecule has 0 unspecified atom stereocenters. The summed E-state index contributed by atoms with van der Waals surface area (Å²) in [7, 11) is 0. The van der Waals surface area contributed by atoms with Crippen LogP contribution in [0.25, 0.3) is 10.8 Å². The fourth-order valence-electron chi connectivity index (χ4n) is 2.39. The standard InChI is InChI=1S/C18H17N3O3S/c1-10-13(19-12(3)22)6-4-7-14(10)20-17(23)16-11(2)25-18(21-16)15-8-5-9-24-15/h4-9H,1-3H3,(H,19,22)(H,20,23). The molecule has 2 amide bonds. The molecule has 0 saturated carbocycles. The van der Waals surface area contributed by atoms with E-state index < -0.39 is 0 Å². The second-order valence-electron chi connectivity index (χ2n) is 5.51. The topological polar surface area (TPSA) is 84.2 Å². The van der Waals surface area contributed by atoms with Crippen LogP contribution in [0.4, 0.5) is 11.4 Å². The van der Waals surface area contributed by atoms with Crippen molar-refractivity contribution in [3.8, 4) is 10.8 Å². The number of aromatic nitrogens is 1. The maximum atomic E-state index is 12.6. The number of hydrogen-bond acceptors (Lipinski definition) is 5. The minimum absolute atomic E-state index is 0.162. The Hall–Kier alpha value is -2.93. The predicted octanol–water partition coefficient (Wildman–Crippen LogP) is 4.23. The maximum Gasteiger partial charge on any atom is 0.275 e. The Morgan fingerprint density at radius 1 is 1.08 bits per heavy atom. The van der Waals surface area contributed by atoms with Crippen molar-refractivity contribution in [3.05, 3.63) is 52.7 Å². The number of carbonyl (C=O) groups excluding carboxylic acids is 2. The molecular weight excluding hydrogens is 338 g/mol. The third-order valence-corrected chi connectivity index (χ3v) is 4.62.